The molecule has 1 saturated heterocycles. The molecule has 0 spiro atoms. The van der Waals surface area contributed by atoms with Gasteiger partial charge in [-0.15, -0.1) is 0 Å². The van der Waals surface area contributed by atoms with E-state index in [0.717, 1.165) is 73.2 Å². The molecule has 3 aromatic rings. The molecule has 1 fully saturated rings. The molecule has 1 unspecified atom stereocenters. The van der Waals surface area contributed by atoms with Crippen molar-refractivity contribution in [1.82, 2.24) is 20.1 Å². The molecule has 2 aromatic heterocycles. The van der Waals surface area contributed by atoms with Gasteiger partial charge in [0.25, 0.3) is 0 Å². The van der Waals surface area contributed by atoms with E-state index in [9.17, 15) is 15.0 Å². The number of aliphatic hydroxyl groups is 1. The Bertz CT molecular complexity index is 1130. The zero-order valence-corrected chi connectivity index (χ0v) is 20.9. The highest BCUT2D eigenvalue weighted by Gasteiger charge is 2.30. The third kappa shape index (κ3) is 6.98. The lowest BCUT2D eigenvalue weighted by Gasteiger charge is -2.39. The average Bonchev–Trinajstić information content (AvgIpc) is 2.91. The lowest BCUT2D eigenvalue weighted by Crippen LogP contribution is -2.41. The van der Waals surface area contributed by atoms with Crippen molar-refractivity contribution >= 4 is 16.9 Å². The van der Waals surface area contributed by atoms with Crippen LogP contribution in [0, 0.1) is 11.8 Å². The first-order valence-electron chi connectivity index (χ1n) is 12.8. The summed E-state index contributed by atoms with van der Waals surface area (Å²) in [5.41, 5.74) is 2.70. The maximum Gasteiger partial charge on any atom is 0.303 e. The molecule has 1 aliphatic rings. The number of fused-ring (bicyclic) bond motifs is 1. The number of hydrogen-bond donors (Lipinski definition) is 2. The van der Waals surface area contributed by atoms with Gasteiger partial charge in [-0.25, -0.2) is 0 Å². The fourth-order valence-electron chi connectivity index (χ4n) is 5.42. The quantitative estimate of drug-likeness (QED) is 0.386. The number of aryl methyl sites for hydroxylation is 1. The third-order valence-corrected chi connectivity index (χ3v) is 7.39. The smallest absolute Gasteiger partial charge is 0.303 e. The van der Waals surface area contributed by atoms with Crippen molar-refractivity contribution in [3.05, 3.63) is 60.0 Å². The number of ether oxygens (including phenoxy) is 1. The second-order valence-electron chi connectivity index (χ2n) is 9.74. The molecule has 0 amide bonds. The number of aromatic nitrogens is 3. The fourth-order valence-corrected chi connectivity index (χ4v) is 5.42. The van der Waals surface area contributed by atoms with Gasteiger partial charge in [0, 0.05) is 30.7 Å². The van der Waals surface area contributed by atoms with Crippen LogP contribution in [-0.4, -0.2) is 63.0 Å². The number of pyridine rings is 1. The minimum Gasteiger partial charge on any atom is -0.497 e. The predicted octanol–water partition coefficient (Wildman–Crippen LogP) is 4.28. The van der Waals surface area contributed by atoms with Gasteiger partial charge in [-0.1, -0.05) is 0 Å². The maximum absolute atomic E-state index is 11.3. The molecule has 1 aromatic carbocycles. The number of piperidine rings is 1. The minimum absolute atomic E-state index is 0.186. The molecular weight excluding hydrogens is 456 g/mol. The Morgan fingerprint density at radius 3 is 2.86 bits per heavy atom. The van der Waals surface area contributed by atoms with E-state index in [1.54, 1.807) is 19.5 Å². The number of nitrogens with zero attached hydrogens (tertiary/aromatic N) is 4. The number of carboxylic acids is 1. The van der Waals surface area contributed by atoms with E-state index < -0.39 is 12.1 Å². The Hall–Kier alpha value is -3.10. The normalized spacial score (nSPS) is 19.3. The summed E-state index contributed by atoms with van der Waals surface area (Å²) in [5.74, 6) is 0.709. The standard InChI is InChI=1S/C28H36N4O4/c1-36-23-8-9-26-25(18-23)24(12-15-29-26)27(33)10-6-20-13-17-32(19-21(20)7-11-28(34)35)16-3-5-22-4-2-14-30-31-22/h2,4,8-9,12,14-15,18,20-21,27,33H,3,5-7,10-11,13,16-17,19H2,1H3,(H,34,35)/t20-,21+,27?/m1/s1. The molecule has 36 heavy (non-hydrogen) atoms. The zero-order chi connectivity index (χ0) is 25.3. The van der Waals surface area contributed by atoms with Gasteiger partial charge in [0.05, 0.1) is 24.4 Å². The van der Waals surface area contributed by atoms with Crippen LogP contribution in [0.2, 0.25) is 0 Å². The molecule has 0 aliphatic carbocycles. The summed E-state index contributed by atoms with van der Waals surface area (Å²) in [6, 6.07) is 11.5. The number of rotatable bonds is 12. The van der Waals surface area contributed by atoms with Crippen LogP contribution in [0.25, 0.3) is 10.9 Å². The average molecular weight is 493 g/mol. The Labute approximate surface area is 212 Å². The number of carbonyl (C=O) groups is 1. The number of methoxy groups -OCH3 is 1. The summed E-state index contributed by atoms with van der Waals surface area (Å²) in [4.78, 5) is 18.2. The van der Waals surface area contributed by atoms with Gasteiger partial charge in [0.15, 0.2) is 0 Å². The number of likely N-dealkylation sites (tertiary alicyclic amines) is 1. The van der Waals surface area contributed by atoms with Gasteiger partial charge in [0.2, 0.25) is 0 Å². The van der Waals surface area contributed by atoms with Gasteiger partial charge < -0.3 is 19.8 Å². The van der Waals surface area contributed by atoms with Crippen molar-refractivity contribution < 1.29 is 19.7 Å². The van der Waals surface area contributed by atoms with Gasteiger partial charge in [-0.3, -0.25) is 9.78 Å². The van der Waals surface area contributed by atoms with Crippen LogP contribution in [0.5, 0.6) is 5.75 Å². The Balaban J connectivity index is 1.35. The van der Waals surface area contributed by atoms with Crippen LogP contribution in [0.3, 0.4) is 0 Å². The van der Waals surface area contributed by atoms with Crippen LogP contribution >= 0.6 is 0 Å². The van der Waals surface area contributed by atoms with E-state index in [-0.39, 0.29) is 6.42 Å². The second kappa shape index (κ2) is 12.7. The van der Waals surface area contributed by atoms with E-state index in [1.165, 1.54) is 0 Å². The highest BCUT2D eigenvalue weighted by Crippen LogP contribution is 2.35. The number of hydrogen-bond acceptors (Lipinski definition) is 7. The Morgan fingerprint density at radius 1 is 1.19 bits per heavy atom. The highest BCUT2D eigenvalue weighted by molar-refractivity contribution is 5.83. The van der Waals surface area contributed by atoms with Crippen molar-refractivity contribution in [3.8, 4) is 5.75 Å². The minimum atomic E-state index is -0.745. The van der Waals surface area contributed by atoms with E-state index in [2.05, 4.69) is 20.1 Å². The van der Waals surface area contributed by atoms with E-state index in [0.29, 0.717) is 24.7 Å². The summed E-state index contributed by atoms with van der Waals surface area (Å²) in [5, 5.41) is 29.4. The Kier molecular flexibility index (Phi) is 9.19. The van der Waals surface area contributed by atoms with Crippen LogP contribution in [0.1, 0.15) is 55.9 Å². The summed E-state index contributed by atoms with van der Waals surface area (Å²) in [7, 11) is 1.63. The fraction of sp³-hybridized carbons (Fsp3) is 0.500. The summed E-state index contributed by atoms with van der Waals surface area (Å²) < 4.78 is 5.37. The molecule has 8 heteroatoms. The van der Waals surface area contributed by atoms with Gasteiger partial charge in [-0.05, 0) is 105 Å². The van der Waals surface area contributed by atoms with Crippen LogP contribution in [0.15, 0.2) is 48.8 Å². The van der Waals surface area contributed by atoms with Crippen LogP contribution in [0.4, 0.5) is 0 Å². The molecule has 2 N–H and O–H groups in total. The van der Waals surface area contributed by atoms with Crippen molar-refractivity contribution in [2.75, 3.05) is 26.7 Å². The second-order valence-corrected chi connectivity index (χ2v) is 9.74. The molecule has 192 valence electrons. The lowest BCUT2D eigenvalue weighted by molar-refractivity contribution is -0.137. The van der Waals surface area contributed by atoms with Crippen molar-refractivity contribution in [2.24, 2.45) is 11.8 Å². The molecule has 3 heterocycles. The third-order valence-electron chi connectivity index (χ3n) is 7.39. The summed E-state index contributed by atoms with van der Waals surface area (Å²) in [6.07, 6.45) is 8.11. The zero-order valence-electron chi connectivity index (χ0n) is 20.9. The number of aliphatic hydroxyl groups excluding tert-OH is 1. The molecule has 3 atom stereocenters. The van der Waals surface area contributed by atoms with E-state index >= 15 is 0 Å². The van der Waals surface area contributed by atoms with Crippen molar-refractivity contribution in [2.45, 2.75) is 51.0 Å². The Morgan fingerprint density at radius 2 is 2.08 bits per heavy atom. The first-order valence-corrected chi connectivity index (χ1v) is 12.8. The predicted molar refractivity (Wildman–Crippen MR) is 138 cm³/mol. The van der Waals surface area contributed by atoms with Crippen molar-refractivity contribution in [3.63, 3.8) is 0 Å². The maximum atomic E-state index is 11.3. The first-order chi connectivity index (χ1) is 17.5. The van der Waals surface area contributed by atoms with Crippen LogP contribution in [-0.2, 0) is 11.2 Å². The van der Waals surface area contributed by atoms with Gasteiger partial charge in [-0.2, -0.15) is 10.2 Å². The van der Waals surface area contributed by atoms with Crippen LogP contribution < -0.4 is 4.74 Å². The summed E-state index contributed by atoms with van der Waals surface area (Å²) >= 11 is 0. The molecule has 1 aliphatic heterocycles. The molecule has 0 bridgehead atoms. The van der Waals surface area contributed by atoms with E-state index in [4.69, 9.17) is 4.74 Å². The summed E-state index contributed by atoms with van der Waals surface area (Å²) in [6.45, 7) is 2.88. The number of carboxylic acid groups (broad SMARTS) is 1. The SMILES string of the molecule is COc1ccc2nccc(C(O)CC[C@@H]3CCN(CCCc4cccnn4)C[C@@H]3CCC(=O)O)c2c1. The molecule has 4 rings (SSSR count). The van der Waals surface area contributed by atoms with Gasteiger partial charge >= 0.3 is 5.97 Å². The van der Waals surface area contributed by atoms with Gasteiger partial charge in [0.1, 0.15) is 5.75 Å². The molecule has 0 radical (unpaired) electrons. The molecule has 8 nitrogen and oxygen atoms in total. The molecule has 0 saturated carbocycles. The number of aliphatic carboxylic acids is 1. The van der Waals surface area contributed by atoms with Crippen molar-refractivity contribution in [1.29, 1.82) is 0 Å². The molecular formula is C28H36N4O4. The monoisotopic (exact) mass is 492 g/mol. The lowest BCUT2D eigenvalue weighted by atomic mass is 9.79. The first kappa shape index (κ1) is 26.0. The number of benzene rings is 1. The largest absolute Gasteiger partial charge is 0.497 e. The highest BCUT2D eigenvalue weighted by atomic mass is 16.5. The topological polar surface area (TPSA) is 109 Å². The van der Waals surface area contributed by atoms with E-state index in [1.807, 2.05) is 36.4 Å².